The van der Waals surface area contributed by atoms with E-state index in [1.807, 2.05) is 0 Å². The van der Waals surface area contributed by atoms with E-state index in [-0.39, 0.29) is 11.4 Å². The Morgan fingerprint density at radius 2 is 1.04 bits per heavy atom. The number of nitro groups is 2. The van der Waals surface area contributed by atoms with E-state index in [1.165, 1.54) is 24.5 Å². The molecule has 0 unspecified atom stereocenters. The molecule has 0 amide bonds. The van der Waals surface area contributed by atoms with Gasteiger partial charge in [0, 0.05) is 12.1 Å². The summed E-state index contributed by atoms with van der Waals surface area (Å²) in [6, 6.07) is 12.4. The Morgan fingerprint density at radius 3 is 1.38 bits per heavy atom. The maximum absolute atomic E-state index is 11.1. The molecule has 0 atom stereocenters. The molecule has 8 heteroatoms. The molecule has 0 aliphatic rings. The van der Waals surface area contributed by atoms with Crippen LogP contribution in [0.5, 0.6) is 0 Å². The summed E-state index contributed by atoms with van der Waals surface area (Å²) in [6.07, 6.45) is 2.74. The molecular formula is C16H10N4O4. The van der Waals surface area contributed by atoms with Crippen LogP contribution in [-0.4, -0.2) is 19.8 Å². The molecule has 1 heterocycles. The van der Waals surface area contributed by atoms with Crippen molar-refractivity contribution in [2.45, 2.75) is 0 Å². The molecule has 3 aromatic rings. The Bertz CT molecular complexity index is 849. The number of benzene rings is 2. The van der Waals surface area contributed by atoms with Gasteiger partial charge in [0.25, 0.3) is 11.4 Å². The predicted molar refractivity (Wildman–Crippen MR) is 86.2 cm³/mol. The Hall–Kier alpha value is -3.68. The summed E-state index contributed by atoms with van der Waals surface area (Å²) < 4.78 is 0. The van der Waals surface area contributed by atoms with Crippen LogP contribution < -0.4 is 0 Å². The molecule has 1 aromatic heterocycles. The fraction of sp³-hybridized carbons (Fsp3) is 0. The zero-order chi connectivity index (χ0) is 17.1. The summed E-state index contributed by atoms with van der Waals surface area (Å²) in [5.74, 6) is 0. The maximum Gasteiger partial charge on any atom is 0.278 e. The molecule has 8 nitrogen and oxygen atoms in total. The van der Waals surface area contributed by atoms with Crippen LogP contribution in [-0.2, 0) is 0 Å². The fourth-order valence-corrected chi connectivity index (χ4v) is 2.31. The third kappa shape index (κ3) is 2.80. The van der Waals surface area contributed by atoms with Gasteiger partial charge in [0.05, 0.1) is 44.8 Å². The lowest BCUT2D eigenvalue weighted by Crippen LogP contribution is -1.96. The minimum Gasteiger partial charge on any atom is -0.258 e. The van der Waals surface area contributed by atoms with Crippen LogP contribution in [0.1, 0.15) is 0 Å². The van der Waals surface area contributed by atoms with Crippen molar-refractivity contribution in [1.82, 2.24) is 9.97 Å². The first kappa shape index (κ1) is 15.2. The number of aromatic nitrogens is 2. The topological polar surface area (TPSA) is 112 Å². The van der Waals surface area contributed by atoms with Gasteiger partial charge in [-0.05, 0) is 12.1 Å². The molecule has 2 aromatic carbocycles. The molecule has 0 saturated carbocycles. The Kier molecular flexibility index (Phi) is 3.94. The number of nitrogens with zero attached hydrogens (tertiary/aromatic N) is 4. The molecule has 0 saturated heterocycles. The van der Waals surface area contributed by atoms with Gasteiger partial charge in [-0.3, -0.25) is 30.2 Å². The van der Waals surface area contributed by atoms with E-state index >= 15 is 0 Å². The first-order valence-corrected chi connectivity index (χ1v) is 6.87. The van der Waals surface area contributed by atoms with E-state index in [2.05, 4.69) is 9.97 Å². The minimum atomic E-state index is -0.493. The van der Waals surface area contributed by atoms with Gasteiger partial charge in [0.2, 0.25) is 0 Å². The summed E-state index contributed by atoms with van der Waals surface area (Å²) in [5.41, 5.74) is 1.16. The van der Waals surface area contributed by atoms with Crippen molar-refractivity contribution in [1.29, 1.82) is 0 Å². The van der Waals surface area contributed by atoms with Gasteiger partial charge >= 0.3 is 0 Å². The van der Waals surface area contributed by atoms with Gasteiger partial charge in [0.1, 0.15) is 0 Å². The molecule has 0 aliphatic carbocycles. The summed E-state index contributed by atoms with van der Waals surface area (Å²) in [7, 11) is 0. The lowest BCUT2D eigenvalue weighted by molar-refractivity contribution is -0.384. The highest BCUT2D eigenvalue weighted by molar-refractivity contribution is 5.73. The van der Waals surface area contributed by atoms with Gasteiger partial charge in [-0.2, -0.15) is 0 Å². The largest absolute Gasteiger partial charge is 0.278 e. The van der Waals surface area contributed by atoms with Crippen LogP contribution in [0.3, 0.4) is 0 Å². The molecule has 0 bridgehead atoms. The van der Waals surface area contributed by atoms with E-state index in [1.54, 1.807) is 36.4 Å². The van der Waals surface area contributed by atoms with Crippen molar-refractivity contribution in [2.75, 3.05) is 0 Å². The summed E-state index contributed by atoms with van der Waals surface area (Å²) >= 11 is 0. The molecule has 0 fully saturated rings. The summed E-state index contributed by atoms with van der Waals surface area (Å²) in [5, 5.41) is 22.2. The van der Waals surface area contributed by atoms with Crippen LogP contribution in [0.25, 0.3) is 22.5 Å². The molecule has 0 radical (unpaired) electrons. The van der Waals surface area contributed by atoms with Crippen LogP contribution in [0.2, 0.25) is 0 Å². The third-order valence-electron chi connectivity index (χ3n) is 3.41. The average molecular weight is 322 g/mol. The normalized spacial score (nSPS) is 10.3. The lowest BCUT2D eigenvalue weighted by atomic mass is 10.1. The van der Waals surface area contributed by atoms with Crippen molar-refractivity contribution in [3.63, 3.8) is 0 Å². The molecule has 0 spiro atoms. The van der Waals surface area contributed by atoms with Gasteiger partial charge < -0.3 is 0 Å². The number of hydrogen-bond acceptors (Lipinski definition) is 6. The monoisotopic (exact) mass is 322 g/mol. The standard InChI is InChI=1S/C16H10N4O4/c21-19(22)15-7-3-1-5-11(15)13-9-18-14(10-17-13)12-6-2-4-8-16(12)20(23)24/h1-10H. The molecule has 0 N–H and O–H groups in total. The quantitative estimate of drug-likeness (QED) is 0.535. The number of para-hydroxylation sites is 2. The van der Waals surface area contributed by atoms with Crippen LogP contribution in [0.4, 0.5) is 11.4 Å². The fourth-order valence-electron chi connectivity index (χ4n) is 2.31. The molecule has 24 heavy (non-hydrogen) atoms. The average Bonchev–Trinajstić information content (AvgIpc) is 2.62. The van der Waals surface area contributed by atoms with Gasteiger partial charge in [0.15, 0.2) is 0 Å². The zero-order valence-corrected chi connectivity index (χ0v) is 12.2. The highest BCUT2D eigenvalue weighted by atomic mass is 16.6. The molecule has 118 valence electrons. The Labute approximate surface area is 135 Å². The molecular weight excluding hydrogens is 312 g/mol. The zero-order valence-electron chi connectivity index (χ0n) is 12.2. The SMILES string of the molecule is O=[N+]([O-])c1ccccc1-c1cnc(-c2ccccc2[N+](=O)[O-])cn1. The number of nitro benzene ring substituents is 2. The Morgan fingerprint density at radius 1 is 0.667 bits per heavy atom. The van der Waals surface area contributed by atoms with Crippen molar-refractivity contribution >= 4 is 11.4 Å². The second kappa shape index (κ2) is 6.21. The van der Waals surface area contributed by atoms with E-state index in [0.717, 1.165) is 0 Å². The molecule has 0 aliphatic heterocycles. The van der Waals surface area contributed by atoms with Crippen molar-refractivity contribution in [2.24, 2.45) is 0 Å². The first-order valence-electron chi connectivity index (χ1n) is 6.87. The number of rotatable bonds is 4. The first-order chi connectivity index (χ1) is 11.6. The van der Waals surface area contributed by atoms with Crippen LogP contribution in [0.15, 0.2) is 60.9 Å². The van der Waals surface area contributed by atoms with E-state index < -0.39 is 9.85 Å². The van der Waals surface area contributed by atoms with E-state index in [9.17, 15) is 20.2 Å². The van der Waals surface area contributed by atoms with Crippen LogP contribution in [0, 0.1) is 20.2 Å². The van der Waals surface area contributed by atoms with Crippen molar-refractivity contribution in [3.05, 3.63) is 81.2 Å². The van der Waals surface area contributed by atoms with E-state index in [0.29, 0.717) is 22.5 Å². The highest BCUT2D eigenvalue weighted by Gasteiger charge is 2.18. The Balaban J connectivity index is 2.04. The van der Waals surface area contributed by atoms with Gasteiger partial charge in [-0.25, -0.2) is 0 Å². The summed E-state index contributed by atoms with van der Waals surface area (Å²) in [4.78, 5) is 29.5. The smallest absolute Gasteiger partial charge is 0.258 e. The molecule has 3 rings (SSSR count). The third-order valence-corrected chi connectivity index (χ3v) is 3.41. The van der Waals surface area contributed by atoms with Crippen molar-refractivity contribution in [3.8, 4) is 22.5 Å². The van der Waals surface area contributed by atoms with Crippen molar-refractivity contribution < 1.29 is 9.85 Å². The maximum atomic E-state index is 11.1. The van der Waals surface area contributed by atoms with Crippen LogP contribution >= 0.6 is 0 Å². The van der Waals surface area contributed by atoms with Gasteiger partial charge in [-0.1, -0.05) is 24.3 Å². The van der Waals surface area contributed by atoms with Gasteiger partial charge in [-0.15, -0.1) is 0 Å². The second-order valence-corrected chi connectivity index (χ2v) is 4.84. The lowest BCUT2D eigenvalue weighted by Gasteiger charge is -2.04. The predicted octanol–water partition coefficient (Wildman–Crippen LogP) is 3.63. The summed E-state index contributed by atoms with van der Waals surface area (Å²) in [6.45, 7) is 0. The minimum absolute atomic E-state index is 0.0785. The second-order valence-electron chi connectivity index (χ2n) is 4.84. The number of hydrogen-bond donors (Lipinski definition) is 0. The highest BCUT2D eigenvalue weighted by Crippen LogP contribution is 2.30. The van der Waals surface area contributed by atoms with E-state index in [4.69, 9.17) is 0 Å².